The van der Waals surface area contributed by atoms with Gasteiger partial charge in [0.15, 0.2) is 0 Å². The summed E-state index contributed by atoms with van der Waals surface area (Å²) in [6, 6.07) is 0. The van der Waals surface area contributed by atoms with Crippen molar-refractivity contribution in [1.29, 1.82) is 0 Å². The van der Waals surface area contributed by atoms with Crippen molar-refractivity contribution in [3.8, 4) is 0 Å². The molecule has 0 aromatic rings. The standard InChI is InChI=1S/C15H29N5O2/c1-15(2,3)22-14(21)20-12-10-19(11-13-20)9-7-5-4-6-8-17-18-16/h4-13H2,1-3H3. The molecule has 1 heterocycles. The molecule has 1 rings (SSSR count). The van der Waals surface area contributed by atoms with Crippen LogP contribution in [-0.4, -0.2) is 60.8 Å². The van der Waals surface area contributed by atoms with Crippen molar-refractivity contribution < 1.29 is 9.53 Å². The Balaban J connectivity index is 2.10. The molecule has 0 bridgehead atoms. The largest absolute Gasteiger partial charge is 0.444 e. The van der Waals surface area contributed by atoms with Gasteiger partial charge in [0.1, 0.15) is 5.60 Å². The Morgan fingerprint density at radius 3 is 2.36 bits per heavy atom. The second-order valence-corrected chi connectivity index (χ2v) is 6.68. The molecule has 0 aromatic carbocycles. The maximum atomic E-state index is 12.0. The van der Waals surface area contributed by atoms with E-state index < -0.39 is 5.60 Å². The molecule has 0 N–H and O–H groups in total. The molecule has 0 aromatic heterocycles. The van der Waals surface area contributed by atoms with Crippen LogP contribution in [0.25, 0.3) is 10.4 Å². The Kier molecular flexibility index (Phi) is 8.06. The molecule has 1 saturated heterocycles. The predicted octanol–water partition coefficient (Wildman–Crippen LogP) is 3.41. The van der Waals surface area contributed by atoms with Crippen LogP contribution in [0.5, 0.6) is 0 Å². The number of azide groups is 1. The molecular weight excluding hydrogens is 282 g/mol. The van der Waals surface area contributed by atoms with Crippen LogP contribution in [0.1, 0.15) is 46.5 Å². The SMILES string of the molecule is CC(C)(C)OC(=O)N1CCN(CCCCCCN=[N+]=[N-])CC1. The van der Waals surface area contributed by atoms with Crippen LogP contribution in [0.15, 0.2) is 5.11 Å². The maximum absolute atomic E-state index is 12.0. The van der Waals surface area contributed by atoms with Crippen molar-refractivity contribution in [3.05, 3.63) is 10.4 Å². The highest BCUT2D eigenvalue weighted by molar-refractivity contribution is 5.68. The van der Waals surface area contributed by atoms with Crippen molar-refractivity contribution in [2.45, 2.75) is 52.1 Å². The van der Waals surface area contributed by atoms with Gasteiger partial charge in [-0.1, -0.05) is 18.0 Å². The highest BCUT2D eigenvalue weighted by atomic mass is 16.6. The predicted molar refractivity (Wildman–Crippen MR) is 86.7 cm³/mol. The van der Waals surface area contributed by atoms with E-state index >= 15 is 0 Å². The lowest BCUT2D eigenvalue weighted by Crippen LogP contribution is -2.50. The molecular formula is C15H29N5O2. The lowest BCUT2D eigenvalue weighted by molar-refractivity contribution is 0.0144. The molecule has 7 nitrogen and oxygen atoms in total. The minimum Gasteiger partial charge on any atom is -0.444 e. The second-order valence-electron chi connectivity index (χ2n) is 6.68. The quantitative estimate of drug-likeness (QED) is 0.313. The van der Waals surface area contributed by atoms with Crippen molar-refractivity contribution in [1.82, 2.24) is 9.80 Å². The third-order valence-corrected chi connectivity index (χ3v) is 3.57. The van der Waals surface area contributed by atoms with Gasteiger partial charge < -0.3 is 9.64 Å². The highest BCUT2D eigenvalue weighted by Crippen LogP contribution is 2.12. The molecule has 1 aliphatic heterocycles. The van der Waals surface area contributed by atoms with Gasteiger partial charge in [-0.25, -0.2) is 4.79 Å². The van der Waals surface area contributed by atoms with E-state index in [0.717, 1.165) is 58.4 Å². The summed E-state index contributed by atoms with van der Waals surface area (Å²) in [7, 11) is 0. The zero-order chi connectivity index (χ0) is 16.4. The van der Waals surface area contributed by atoms with E-state index in [0.29, 0.717) is 6.54 Å². The first-order valence-corrected chi connectivity index (χ1v) is 8.13. The summed E-state index contributed by atoms with van der Waals surface area (Å²) in [5, 5.41) is 3.53. The molecule has 0 atom stereocenters. The first kappa shape index (κ1) is 18.6. The van der Waals surface area contributed by atoms with Gasteiger partial charge in [0.05, 0.1) is 0 Å². The normalized spacial score (nSPS) is 16.2. The van der Waals surface area contributed by atoms with Crippen LogP contribution in [-0.2, 0) is 4.74 Å². The summed E-state index contributed by atoms with van der Waals surface area (Å²) in [6.45, 7) is 10.7. The average molecular weight is 311 g/mol. The molecule has 126 valence electrons. The van der Waals surface area contributed by atoms with E-state index in [-0.39, 0.29) is 6.09 Å². The third-order valence-electron chi connectivity index (χ3n) is 3.57. The van der Waals surface area contributed by atoms with E-state index in [2.05, 4.69) is 14.9 Å². The smallest absolute Gasteiger partial charge is 0.410 e. The van der Waals surface area contributed by atoms with Gasteiger partial charge in [0.25, 0.3) is 0 Å². The van der Waals surface area contributed by atoms with Gasteiger partial charge in [-0.2, -0.15) is 0 Å². The number of unbranched alkanes of at least 4 members (excludes halogenated alkanes) is 3. The van der Waals surface area contributed by atoms with Gasteiger partial charge in [-0.3, -0.25) is 4.90 Å². The van der Waals surface area contributed by atoms with E-state index in [1.165, 1.54) is 0 Å². The minimum atomic E-state index is -0.427. The second kappa shape index (κ2) is 9.54. The Hall–Kier alpha value is -1.46. The van der Waals surface area contributed by atoms with Crippen LogP contribution in [0.4, 0.5) is 4.79 Å². The number of piperazine rings is 1. The zero-order valence-electron chi connectivity index (χ0n) is 14.1. The van der Waals surface area contributed by atoms with Crippen molar-refractivity contribution in [2.75, 3.05) is 39.3 Å². The molecule has 0 unspecified atom stereocenters. The first-order valence-electron chi connectivity index (χ1n) is 8.13. The summed E-state index contributed by atoms with van der Waals surface area (Å²) < 4.78 is 5.39. The first-order chi connectivity index (χ1) is 10.4. The zero-order valence-corrected chi connectivity index (χ0v) is 14.1. The summed E-state index contributed by atoms with van der Waals surface area (Å²) in [5.74, 6) is 0. The van der Waals surface area contributed by atoms with Gasteiger partial charge in [0, 0.05) is 37.6 Å². The number of hydrogen-bond acceptors (Lipinski definition) is 4. The fraction of sp³-hybridized carbons (Fsp3) is 0.933. The van der Waals surface area contributed by atoms with Crippen LogP contribution in [0.2, 0.25) is 0 Å². The highest BCUT2D eigenvalue weighted by Gasteiger charge is 2.25. The van der Waals surface area contributed by atoms with Gasteiger partial charge in [-0.15, -0.1) is 0 Å². The number of carbonyl (C=O) groups is 1. The van der Waals surface area contributed by atoms with E-state index in [1.807, 2.05) is 20.8 Å². The summed E-state index contributed by atoms with van der Waals surface area (Å²) in [6.07, 6.45) is 4.19. The molecule has 1 amide bonds. The number of hydrogen-bond donors (Lipinski definition) is 0. The number of carbonyl (C=O) groups excluding carboxylic acids is 1. The monoisotopic (exact) mass is 311 g/mol. The fourth-order valence-electron chi connectivity index (χ4n) is 2.40. The molecule has 7 heteroatoms. The van der Waals surface area contributed by atoms with Gasteiger partial charge in [-0.05, 0) is 45.7 Å². The lowest BCUT2D eigenvalue weighted by atomic mass is 10.2. The van der Waals surface area contributed by atoms with Crippen LogP contribution < -0.4 is 0 Å². The van der Waals surface area contributed by atoms with Gasteiger partial charge in [0.2, 0.25) is 0 Å². The van der Waals surface area contributed by atoms with Crippen molar-refractivity contribution >= 4 is 6.09 Å². The molecule has 0 radical (unpaired) electrons. The topological polar surface area (TPSA) is 81.5 Å². The Morgan fingerprint density at radius 1 is 1.14 bits per heavy atom. The third kappa shape index (κ3) is 8.10. The summed E-state index contributed by atoms with van der Waals surface area (Å²) in [4.78, 5) is 18.9. The molecule has 1 aliphatic rings. The summed E-state index contributed by atoms with van der Waals surface area (Å²) >= 11 is 0. The van der Waals surface area contributed by atoms with Gasteiger partial charge >= 0.3 is 6.09 Å². The molecule has 0 saturated carbocycles. The van der Waals surface area contributed by atoms with E-state index in [9.17, 15) is 4.79 Å². The number of nitrogens with zero attached hydrogens (tertiary/aromatic N) is 5. The number of amides is 1. The van der Waals surface area contributed by atoms with Crippen LogP contribution in [0.3, 0.4) is 0 Å². The Morgan fingerprint density at radius 2 is 1.77 bits per heavy atom. The van der Waals surface area contributed by atoms with E-state index in [4.69, 9.17) is 10.3 Å². The fourth-order valence-corrected chi connectivity index (χ4v) is 2.40. The van der Waals surface area contributed by atoms with Crippen molar-refractivity contribution in [2.24, 2.45) is 5.11 Å². The molecule has 1 fully saturated rings. The Bertz CT molecular complexity index is 380. The molecule has 22 heavy (non-hydrogen) atoms. The average Bonchev–Trinajstić information content (AvgIpc) is 2.45. The van der Waals surface area contributed by atoms with Crippen LogP contribution >= 0.6 is 0 Å². The molecule has 0 spiro atoms. The van der Waals surface area contributed by atoms with Crippen LogP contribution in [0, 0.1) is 0 Å². The van der Waals surface area contributed by atoms with E-state index in [1.54, 1.807) is 4.90 Å². The number of ether oxygens (including phenoxy) is 1. The maximum Gasteiger partial charge on any atom is 0.410 e. The number of rotatable bonds is 7. The molecule has 0 aliphatic carbocycles. The lowest BCUT2D eigenvalue weighted by Gasteiger charge is -2.35. The summed E-state index contributed by atoms with van der Waals surface area (Å²) in [5.41, 5.74) is 7.75. The van der Waals surface area contributed by atoms with Crippen molar-refractivity contribution in [3.63, 3.8) is 0 Å². The minimum absolute atomic E-state index is 0.204. The Labute approximate surface area is 133 Å².